The van der Waals surface area contributed by atoms with Crippen LogP contribution in [0.15, 0.2) is 54.6 Å². The maximum Gasteiger partial charge on any atom is 0.292 e. The minimum atomic E-state index is -0.281. The van der Waals surface area contributed by atoms with E-state index in [4.69, 9.17) is 4.74 Å². The van der Waals surface area contributed by atoms with E-state index in [1.807, 2.05) is 55.5 Å². The number of para-hydroxylation sites is 3. The van der Waals surface area contributed by atoms with Crippen LogP contribution < -0.4 is 19.4 Å². The van der Waals surface area contributed by atoms with E-state index in [1.165, 1.54) is 9.80 Å². The van der Waals surface area contributed by atoms with E-state index < -0.39 is 0 Å². The fourth-order valence-corrected chi connectivity index (χ4v) is 4.18. The molecular weight excluding hydrogens is 354 g/mol. The Labute approximate surface area is 165 Å². The molecular formula is C22H26N3O3+. The van der Waals surface area contributed by atoms with Crippen LogP contribution in [0.25, 0.3) is 0 Å². The van der Waals surface area contributed by atoms with E-state index in [2.05, 4.69) is 11.0 Å². The third-order valence-corrected chi connectivity index (χ3v) is 5.57. The molecule has 6 heteroatoms. The summed E-state index contributed by atoms with van der Waals surface area (Å²) in [5.41, 5.74) is 1.77. The van der Waals surface area contributed by atoms with Gasteiger partial charge < -0.3 is 14.5 Å². The number of carbonyl (C=O) groups excluding carboxylic acids is 2. The van der Waals surface area contributed by atoms with Gasteiger partial charge in [0.25, 0.3) is 5.91 Å². The van der Waals surface area contributed by atoms with Crippen molar-refractivity contribution in [3.05, 3.63) is 54.6 Å². The first-order valence-corrected chi connectivity index (χ1v) is 9.92. The zero-order valence-electron chi connectivity index (χ0n) is 16.1. The molecule has 0 radical (unpaired) electrons. The Hall–Kier alpha value is -2.86. The highest BCUT2D eigenvalue weighted by Crippen LogP contribution is 2.28. The van der Waals surface area contributed by atoms with Crippen molar-refractivity contribution in [3.8, 4) is 5.75 Å². The van der Waals surface area contributed by atoms with Gasteiger partial charge in [-0.3, -0.25) is 9.59 Å². The molecule has 146 valence electrons. The van der Waals surface area contributed by atoms with Gasteiger partial charge in [-0.05, 0) is 31.2 Å². The smallest absolute Gasteiger partial charge is 0.292 e. The van der Waals surface area contributed by atoms with Crippen LogP contribution in [-0.4, -0.2) is 50.6 Å². The van der Waals surface area contributed by atoms with Crippen molar-refractivity contribution in [2.75, 3.05) is 42.6 Å². The highest BCUT2D eigenvalue weighted by Gasteiger charge is 2.46. The molecule has 2 fully saturated rings. The molecule has 4 rings (SSSR count). The molecule has 0 bridgehead atoms. The quantitative estimate of drug-likeness (QED) is 0.790. The fourth-order valence-electron chi connectivity index (χ4n) is 4.18. The van der Waals surface area contributed by atoms with Crippen LogP contribution in [-0.2, 0) is 9.59 Å². The van der Waals surface area contributed by atoms with Gasteiger partial charge in [0.2, 0.25) is 5.91 Å². The number of amides is 2. The van der Waals surface area contributed by atoms with E-state index in [0.29, 0.717) is 18.7 Å². The van der Waals surface area contributed by atoms with Gasteiger partial charge in [-0.15, -0.1) is 0 Å². The van der Waals surface area contributed by atoms with Crippen molar-refractivity contribution in [1.82, 2.24) is 0 Å². The third-order valence-electron chi connectivity index (χ3n) is 5.57. The van der Waals surface area contributed by atoms with Gasteiger partial charge in [-0.2, -0.15) is 0 Å². The zero-order chi connectivity index (χ0) is 19.5. The molecule has 2 aliphatic rings. The maximum atomic E-state index is 13.0. The molecule has 6 nitrogen and oxygen atoms in total. The summed E-state index contributed by atoms with van der Waals surface area (Å²) in [6.45, 7) is 5.95. The maximum absolute atomic E-state index is 13.0. The van der Waals surface area contributed by atoms with Crippen LogP contribution in [0.3, 0.4) is 0 Å². The van der Waals surface area contributed by atoms with E-state index in [9.17, 15) is 9.59 Å². The van der Waals surface area contributed by atoms with Crippen molar-refractivity contribution < 1.29 is 19.2 Å². The topological polar surface area (TPSA) is 54.3 Å². The predicted octanol–water partition coefficient (Wildman–Crippen LogP) is 1.12. The Bertz CT molecular complexity index is 847. The standard InChI is InChI=1S/C22H25N3O3/c1-2-28-20-11-7-6-10-18(20)23-12-14-24(15-13-23)19-16-21(26)25(22(19)27)17-8-4-3-5-9-17/h3-11,19H,2,12-16H2,1H3/p+1. The number of carbonyl (C=O) groups is 2. The zero-order valence-corrected chi connectivity index (χ0v) is 16.1. The summed E-state index contributed by atoms with van der Waals surface area (Å²) in [6.07, 6.45) is 0.290. The number of hydrogen-bond acceptors (Lipinski definition) is 4. The van der Waals surface area contributed by atoms with Crippen LogP contribution in [0.5, 0.6) is 5.75 Å². The number of nitrogens with zero attached hydrogens (tertiary/aromatic N) is 2. The van der Waals surface area contributed by atoms with Crippen molar-refractivity contribution in [3.63, 3.8) is 0 Å². The van der Waals surface area contributed by atoms with Crippen LogP contribution in [0.4, 0.5) is 11.4 Å². The van der Waals surface area contributed by atoms with Gasteiger partial charge >= 0.3 is 0 Å². The lowest BCUT2D eigenvalue weighted by atomic mass is 10.1. The molecule has 0 aliphatic carbocycles. The summed E-state index contributed by atoms with van der Waals surface area (Å²) in [5, 5.41) is 0. The molecule has 2 aromatic carbocycles. The van der Waals surface area contributed by atoms with Crippen molar-refractivity contribution in [2.45, 2.75) is 19.4 Å². The van der Waals surface area contributed by atoms with Crippen molar-refractivity contribution in [1.29, 1.82) is 0 Å². The van der Waals surface area contributed by atoms with E-state index in [0.717, 1.165) is 37.6 Å². The van der Waals surface area contributed by atoms with Crippen LogP contribution in [0.1, 0.15) is 13.3 Å². The summed E-state index contributed by atoms with van der Waals surface area (Å²) in [7, 11) is 0. The molecule has 2 heterocycles. The monoisotopic (exact) mass is 380 g/mol. The van der Waals surface area contributed by atoms with Gasteiger partial charge in [0.1, 0.15) is 5.75 Å². The second-order valence-corrected chi connectivity index (χ2v) is 7.21. The number of quaternary nitrogens is 1. The Balaban J connectivity index is 1.43. The Kier molecular flexibility index (Phi) is 5.30. The number of imide groups is 1. The molecule has 1 atom stereocenters. The Morgan fingerprint density at radius 3 is 2.39 bits per heavy atom. The molecule has 0 aromatic heterocycles. The molecule has 2 amide bonds. The largest absolute Gasteiger partial charge is 0.492 e. The molecule has 2 aromatic rings. The first-order chi connectivity index (χ1) is 13.7. The van der Waals surface area contributed by atoms with Gasteiger partial charge in [0.15, 0.2) is 6.04 Å². The van der Waals surface area contributed by atoms with Gasteiger partial charge in [0, 0.05) is 0 Å². The van der Waals surface area contributed by atoms with Crippen LogP contribution in [0.2, 0.25) is 0 Å². The molecule has 0 spiro atoms. The number of piperazine rings is 1. The lowest BCUT2D eigenvalue weighted by Gasteiger charge is -2.36. The van der Waals surface area contributed by atoms with E-state index >= 15 is 0 Å². The summed E-state index contributed by atoms with van der Waals surface area (Å²) < 4.78 is 5.76. The minimum Gasteiger partial charge on any atom is -0.492 e. The predicted molar refractivity (Wildman–Crippen MR) is 108 cm³/mol. The number of benzene rings is 2. The molecule has 2 saturated heterocycles. The minimum absolute atomic E-state index is 0.0747. The molecule has 0 saturated carbocycles. The summed E-state index contributed by atoms with van der Waals surface area (Å²) in [5.74, 6) is 0.725. The fraction of sp³-hybridized carbons (Fsp3) is 0.364. The first kappa shape index (κ1) is 18.5. The highest BCUT2D eigenvalue weighted by molar-refractivity contribution is 6.21. The van der Waals surface area contributed by atoms with Gasteiger partial charge in [-0.1, -0.05) is 30.3 Å². The van der Waals surface area contributed by atoms with Crippen LogP contribution in [0, 0.1) is 0 Å². The summed E-state index contributed by atoms with van der Waals surface area (Å²) in [4.78, 5) is 30.3. The molecule has 1 N–H and O–H groups in total. The van der Waals surface area contributed by atoms with Crippen molar-refractivity contribution in [2.24, 2.45) is 0 Å². The van der Waals surface area contributed by atoms with Gasteiger partial charge in [0.05, 0.1) is 50.6 Å². The van der Waals surface area contributed by atoms with E-state index in [-0.39, 0.29) is 17.9 Å². The summed E-state index contributed by atoms with van der Waals surface area (Å²) in [6, 6.07) is 17.0. The van der Waals surface area contributed by atoms with Crippen LogP contribution >= 0.6 is 0 Å². The number of ether oxygens (including phenoxy) is 1. The number of nitrogens with one attached hydrogen (secondary N) is 1. The lowest BCUT2D eigenvalue weighted by Crippen LogP contribution is -3.19. The summed E-state index contributed by atoms with van der Waals surface area (Å²) >= 11 is 0. The molecule has 1 unspecified atom stereocenters. The SMILES string of the molecule is CCOc1ccccc1N1CC[NH+](C2CC(=O)N(c3ccccc3)C2=O)CC1. The van der Waals surface area contributed by atoms with E-state index in [1.54, 1.807) is 0 Å². The average Bonchev–Trinajstić information content (AvgIpc) is 3.03. The first-order valence-electron chi connectivity index (χ1n) is 9.92. The number of rotatable bonds is 5. The highest BCUT2D eigenvalue weighted by atomic mass is 16.5. The van der Waals surface area contributed by atoms with Crippen molar-refractivity contribution >= 4 is 23.2 Å². The molecule has 2 aliphatic heterocycles. The Morgan fingerprint density at radius 1 is 1.00 bits per heavy atom. The average molecular weight is 380 g/mol. The number of anilines is 2. The normalized spacial score (nSPS) is 20.7. The lowest BCUT2D eigenvalue weighted by molar-refractivity contribution is -0.915. The molecule has 28 heavy (non-hydrogen) atoms. The second kappa shape index (κ2) is 8.02. The Morgan fingerprint density at radius 2 is 1.68 bits per heavy atom. The second-order valence-electron chi connectivity index (χ2n) is 7.21. The number of hydrogen-bond donors (Lipinski definition) is 1. The van der Waals surface area contributed by atoms with Gasteiger partial charge in [-0.25, -0.2) is 4.90 Å². The third kappa shape index (κ3) is 3.47.